The summed E-state index contributed by atoms with van der Waals surface area (Å²) in [5, 5.41) is 3.48. The van der Waals surface area contributed by atoms with Crippen LogP contribution in [0.2, 0.25) is 5.02 Å². The number of fused-ring (bicyclic) bond motifs is 1. The molecule has 2 heterocycles. The van der Waals surface area contributed by atoms with E-state index in [2.05, 4.69) is 35.9 Å². The van der Waals surface area contributed by atoms with Crippen molar-refractivity contribution < 1.29 is 4.79 Å². The SMILES string of the molecule is CC[C@H]1c2ccc(C)n2CCN1C(=O)Nc1ccccc1Cl. The number of hydrogen-bond donors (Lipinski definition) is 1. The zero-order chi connectivity index (χ0) is 15.7. The highest BCUT2D eigenvalue weighted by molar-refractivity contribution is 6.33. The van der Waals surface area contributed by atoms with Crippen molar-refractivity contribution in [3.05, 3.63) is 52.8 Å². The molecule has 116 valence electrons. The molecule has 2 aromatic rings. The number of hydrogen-bond acceptors (Lipinski definition) is 1. The number of carbonyl (C=O) groups excluding carboxylic acids is 1. The minimum Gasteiger partial charge on any atom is -0.345 e. The molecule has 0 spiro atoms. The second-order valence-corrected chi connectivity index (χ2v) is 5.99. The molecule has 4 nitrogen and oxygen atoms in total. The molecule has 1 aliphatic heterocycles. The lowest BCUT2D eigenvalue weighted by Gasteiger charge is -2.37. The first-order valence-electron chi connectivity index (χ1n) is 7.60. The van der Waals surface area contributed by atoms with E-state index >= 15 is 0 Å². The Morgan fingerprint density at radius 3 is 2.77 bits per heavy atom. The van der Waals surface area contributed by atoms with Crippen LogP contribution in [0.4, 0.5) is 10.5 Å². The molecule has 0 radical (unpaired) electrons. The summed E-state index contributed by atoms with van der Waals surface area (Å²) in [5.41, 5.74) is 3.11. The Bertz CT molecular complexity index is 695. The van der Waals surface area contributed by atoms with Crippen LogP contribution in [0.5, 0.6) is 0 Å². The third-order valence-corrected chi connectivity index (χ3v) is 4.61. The lowest BCUT2D eigenvalue weighted by molar-refractivity contribution is 0.165. The minimum absolute atomic E-state index is 0.0925. The van der Waals surface area contributed by atoms with E-state index in [1.54, 1.807) is 6.07 Å². The number of aryl methyl sites for hydroxylation is 1. The summed E-state index contributed by atoms with van der Waals surface area (Å²) < 4.78 is 2.30. The molecule has 5 heteroatoms. The predicted molar refractivity (Wildman–Crippen MR) is 89.4 cm³/mol. The number of carbonyl (C=O) groups is 1. The smallest absolute Gasteiger partial charge is 0.322 e. The molecule has 1 N–H and O–H groups in total. The molecule has 1 atom stereocenters. The van der Waals surface area contributed by atoms with Crippen LogP contribution in [-0.2, 0) is 6.54 Å². The summed E-state index contributed by atoms with van der Waals surface area (Å²) >= 11 is 6.12. The van der Waals surface area contributed by atoms with Gasteiger partial charge in [-0.1, -0.05) is 30.7 Å². The highest BCUT2D eigenvalue weighted by atomic mass is 35.5. The number of halogens is 1. The Kier molecular flexibility index (Phi) is 4.12. The van der Waals surface area contributed by atoms with Crippen LogP contribution in [0.3, 0.4) is 0 Å². The average molecular weight is 318 g/mol. The van der Waals surface area contributed by atoms with Gasteiger partial charge in [0.15, 0.2) is 0 Å². The molecule has 1 aromatic carbocycles. The minimum atomic E-state index is -0.0925. The highest BCUT2D eigenvalue weighted by Crippen LogP contribution is 2.31. The standard InChI is InChI=1S/C17H20ClN3O/c1-3-15-16-9-8-12(2)20(16)10-11-21(15)17(22)19-14-7-5-4-6-13(14)18/h4-9,15H,3,10-11H2,1-2H3,(H,19,22)/t15-/m0/s1. The zero-order valence-electron chi connectivity index (χ0n) is 12.8. The van der Waals surface area contributed by atoms with Gasteiger partial charge in [0.05, 0.1) is 16.8 Å². The topological polar surface area (TPSA) is 37.3 Å². The monoisotopic (exact) mass is 317 g/mol. The van der Waals surface area contributed by atoms with E-state index in [0.29, 0.717) is 17.3 Å². The molecule has 22 heavy (non-hydrogen) atoms. The number of nitrogens with one attached hydrogen (secondary N) is 1. The molecule has 3 rings (SSSR count). The van der Waals surface area contributed by atoms with E-state index in [-0.39, 0.29) is 12.1 Å². The summed E-state index contributed by atoms with van der Waals surface area (Å²) in [5.74, 6) is 0. The van der Waals surface area contributed by atoms with Crippen molar-refractivity contribution in [3.63, 3.8) is 0 Å². The second kappa shape index (κ2) is 6.05. The van der Waals surface area contributed by atoms with Crippen molar-refractivity contribution >= 4 is 23.3 Å². The number of anilines is 1. The van der Waals surface area contributed by atoms with E-state index in [9.17, 15) is 4.79 Å². The number of rotatable bonds is 2. The van der Waals surface area contributed by atoms with Crippen LogP contribution >= 0.6 is 11.6 Å². The fraction of sp³-hybridized carbons (Fsp3) is 0.353. The normalized spacial score (nSPS) is 17.2. The van der Waals surface area contributed by atoms with Gasteiger partial charge in [0, 0.05) is 24.5 Å². The molecule has 2 amide bonds. The maximum absolute atomic E-state index is 12.7. The van der Waals surface area contributed by atoms with Crippen LogP contribution in [0.15, 0.2) is 36.4 Å². The fourth-order valence-corrected chi connectivity index (χ4v) is 3.31. The molecule has 0 bridgehead atoms. The number of para-hydroxylation sites is 1. The summed E-state index contributed by atoms with van der Waals surface area (Å²) in [6, 6.07) is 11.6. The molecule has 0 aliphatic carbocycles. The van der Waals surface area contributed by atoms with E-state index in [1.165, 1.54) is 11.4 Å². The number of amides is 2. The maximum atomic E-state index is 12.7. The van der Waals surface area contributed by atoms with Gasteiger partial charge >= 0.3 is 6.03 Å². The molecule has 1 aromatic heterocycles. The highest BCUT2D eigenvalue weighted by Gasteiger charge is 2.30. The van der Waals surface area contributed by atoms with Gasteiger partial charge in [-0.05, 0) is 37.6 Å². The van der Waals surface area contributed by atoms with Crippen LogP contribution in [0.1, 0.15) is 30.8 Å². The predicted octanol–water partition coefficient (Wildman–Crippen LogP) is 4.45. The van der Waals surface area contributed by atoms with E-state index in [0.717, 1.165) is 13.0 Å². The lowest BCUT2D eigenvalue weighted by Crippen LogP contribution is -2.44. The lowest BCUT2D eigenvalue weighted by atomic mass is 10.1. The quantitative estimate of drug-likeness (QED) is 0.873. The van der Waals surface area contributed by atoms with E-state index < -0.39 is 0 Å². The second-order valence-electron chi connectivity index (χ2n) is 5.58. The van der Waals surface area contributed by atoms with E-state index in [1.807, 2.05) is 23.1 Å². The molecule has 0 unspecified atom stereocenters. The molecule has 1 aliphatic rings. The van der Waals surface area contributed by atoms with Gasteiger partial charge in [-0.25, -0.2) is 4.79 Å². The Labute approximate surface area is 135 Å². The fourth-order valence-electron chi connectivity index (χ4n) is 3.13. The van der Waals surface area contributed by atoms with Crippen molar-refractivity contribution in [2.45, 2.75) is 32.9 Å². The van der Waals surface area contributed by atoms with Crippen molar-refractivity contribution in [1.82, 2.24) is 9.47 Å². The summed E-state index contributed by atoms with van der Waals surface area (Å²) in [6.07, 6.45) is 0.888. The van der Waals surface area contributed by atoms with Crippen LogP contribution in [-0.4, -0.2) is 22.0 Å². The maximum Gasteiger partial charge on any atom is 0.322 e. The van der Waals surface area contributed by atoms with Crippen LogP contribution in [0, 0.1) is 6.92 Å². The first kappa shape index (κ1) is 15.0. The van der Waals surface area contributed by atoms with Gasteiger partial charge in [-0.15, -0.1) is 0 Å². The molecule has 0 saturated carbocycles. The number of aromatic nitrogens is 1. The van der Waals surface area contributed by atoms with Crippen LogP contribution < -0.4 is 5.32 Å². The van der Waals surface area contributed by atoms with Crippen molar-refractivity contribution in [3.8, 4) is 0 Å². The van der Waals surface area contributed by atoms with Gasteiger partial charge in [0.25, 0.3) is 0 Å². The first-order valence-corrected chi connectivity index (χ1v) is 7.97. The van der Waals surface area contributed by atoms with Crippen molar-refractivity contribution in [2.75, 3.05) is 11.9 Å². The van der Waals surface area contributed by atoms with Gasteiger partial charge in [0.1, 0.15) is 0 Å². The Balaban J connectivity index is 1.83. The molecular weight excluding hydrogens is 298 g/mol. The molecular formula is C17H20ClN3O. The van der Waals surface area contributed by atoms with Gasteiger partial charge in [0.2, 0.25) is 0 Å². The Morgan fingerprint density at radius 2 is 2.05 bits per heavy atom. The van der Waals surface area contributed by atoms with Crippen molar-refractivity contribution in [1.29, 1.82) is 0 Å². The largest absolute Gasteiger partial charge is 0.345 e. The number of nitrogens with zero attached hydrogens (tertiary/aromatic N) is 2. The summed E-state index contributed by atoms with van der Waals surface area (Å²) in [4.78, 5) is 14.6. The van der Waals surface area contributed by atoms with Gasteiger partial charge in [-0.3, -0.25) is 0 Å². The Morgan fingerprint density at radius 1 is 1.27 bits per heavy atom. The summed E-state index contributed by atoms with van der Waals surface area (Å²) in [7, 11) is 0. The third kappa shape index (κ3) is 2.59. The van der Waals surface area contributed by atoms with E-state index in [4.69, 9.17) is 11.6 Å². The first-order chi connectivity index (χ1) is 10.6. The van der Waals surface area contributed by atoms with Crippen LogP contribution in [0.25, 0.3) is 0 Å². The number of benzene rings is 1. The average Bonchev–Trinajstić information content (AvgIpc) is 2.90. The number of urea groups is 1. The Hall–Kier alpha value is -1.94. The molecule has 0 saturated heterocycles. The molecule has 0 fully saturated rings. The third-order valence-electron chi connectivity index (χ3n) is 4.28. The van der Waals surface area contributed by atoms with Gasteiger partial charge in [-0.2, -0.15) is 0 Å². The summed E-state index contributed by atoms with van der Waals surface area (Å²) in [6.45, 7) is 5.76. The van der Waals surface area contributed by atoms with Crippen molar-refractivity contribution in [2.24, 2.45) is 0 Å². The zero-order valence-corrected chi connectivity index (χ0v) is 13.6. The van der Waals surface area contributed by atoms with Gasteiger partial charge < -0.3 is 14.8 Å².